The molecule has 2 aliphatic carbocycles. The molecule has 4 atom stereocenters. The third kappa shape index (κ3) is 2.77. The van der Waals surface area contributed by atoms with Crippen LogP contribution >= 0.6 is 12.2 Å². The number of aromatic amines is 1. The maximum Gasteiger partial charge on any atom is 0.195 e. The van der Waals surface area contributed by atoms with Crippen molar-refractivity contribution in [3.63, 3.8) is 0 Å². The zero-order valence-electron chi connectivity index (χ0n) is 13.7. The minimum atomic E-state index is -0.362. The Morgan fingerprint density at radius 3 is 2.92 bits per heavy atom. The summed E-state index contributed by atoms with van der Waals surface area (Å²) >= 11 is 5.44. The quantitative estimate of drug-likeness (QED) is 0.800. The molecule has 2 aromatic rings. The molecule has 128 valence electrons. The fourth-order valence-corrected chi connectivity index (χ4v) is 4.96. The molecular formula is C18H22FN3OS. The molecule has 1 N–H and O–H groups in total. The maximum absolute atomic E-state index is 13.7. The van der Waals surface area contributed by atoms with Gasteiger partial charge in [0.05, 0.1) is 0 Å². The molecule has 0 aliphatic heterocycles. The smallest absolute Gasteiger partial charge is 0.195 e. The van der Waals surface area contributed by atoms with Crippen LogP contribution in [0.1, 0.15) is 44.5 Å². The molecule has 0 spiro atoms. The van der Waals surface area contributed by atoms with Crippen molar-refractivity contribution in [2.45, 2.75) is 45.3 Å². The van der Waals surface area contributed by atoms with Gasteiger partial charge in [0.1, 0.15) is 6.61 Å². The summed E-state index contributed by atoms with van der Waals surface area (Å²) in [4.78, 5) is 0. The van der Waals surface area contributed by atoms with E-state index in [1.54, 1.807) is 18.2 Å². The number of nitrogens with one attached hydrogen (secondary N) is 1. The van der Waals surface area contributed by atoms with Crippen LogP contribution in [-0.4, -0.2) is 14.8 Å². The average Bonchev–Trinajstić information content (AvgIpc) is 3.29. The van der Waals surface area contributed by atoms with Gasteiger partial charge < -0.3 is 4.74 Å². The second kappa shape index (κ2) is 6.31. The first-order valence-electron chi connectivity index (χ1n) is 8.66. The molecule has 0 saturated heterocycles. The normalized spacial score (nSPS) is 26.7. The Labute approximate surface area is 146 Å². The van der Waals surface area contributed by atoms with Gasteiger partial charge in [0, 0.05) is 6.04 Å². The van der Waals surface area contributed by atoms with E-state index in [4.69, 9.17) is 17.0 Å². The fourth-order valence-electron chi connectivity index (χ4n) is 4.64. The molecule has 2 saturated carbocycles. The first-order valence-corrected chi connectivity index (χ1v) is 9.07. The molecule has 6 heteroatoms. The summed E-state index contributed by atoms with van der Waals surface area (Å²) in [6, 6.07) is 6.72. The lowest BCUT2D eigenvalue weighted by Gasteiger charge is -2.29. The van der Waals surface area contributed by atoms with Crippen LogP contribution in [0.15, 0.2) is 24.3 Å². The van der Waals surface area contributed by atoms with Gasteiger partial charge in [-0.3, -0.25) is 9.67 Å². The number of fused-ring (bicyclic) bond motifs is 2. The second-order valence-electron chi connectivity index (χ2n) is 7.11. The van der Waals surface area contributed by atoms with Crippen molar-refractivity contribution in [3.8, 4) is 5.75 Å². The number of rotatable bonds is 5. The van der Waals surface area contributed by atoms with Gasteiger partial charge in [0.25, 0.3) is 0 Å². The van der Waals surface area contributed by atoms with Gasteiger partial charge in [-0.05, 0) is 68.3 Å². The standard InChI is InChI=1S/C18H22FN3OS/c1-11(14-9-12-6-7-13(14)8-12)22-17(20-21-18(22)24)10-23-16-5-3-2-4-15(16)19/h2-5,11-14H,6-10H2,1H3,(H,21,24)/t11-,12-,13-,14+/m0/s1. The van der Waals surface area contributed by atoms with E-state index in [-0.39, 0.29) is 18.2 Å². The minimum absolute atomic E-state index is 0.208. The number of nitrogens with zero attached hydrogens (tertiary/aromatic N) is 2. The Kier molecular flexibility index (Phi) is 4.16. The summed E-state index contributed by atoms with van der Waals surface area (Å²) in [5, 5.41) is 7.19. The average molecular weight is 347 g/mol. The summed E-state index contributed by atoms with van der Waals surface area (Å²) in [5.41, 5.74) is 0. The van der Waals surface area contributed by atoms with Crippen molar-refractivity contribution >= 4 is 12.2 Å². The highest BCUT2D eigenvalue weighted by Gasteiger charge is 2.42. The van der Waals surface area contributed by atoms with Gasteiger partial charge in [-0.25, -0.2) is 4.39 Å². The van der Waals surface area contributed by atoms with Crippen LogP contribution in [0.4, 0.5) is 4.39 Å². The number of benzene rings is 1. The molecule has 0 radical (unpaired) electrons. The van der Waals surface area contributed by atoms with Gasteiger partial charge in [0.15, 0.2) is 22.2 Å². The first kappa shape index (κ1) is 15.8. The Morgan fingerprint density at radius 1 is 1.38 bits per heavy atom. The monoisotopic (exact) mass is 347 g/mol. The van der Waals surface area contributed by atoms with Crippen molar-refractivity contribution in [1.29, 1.82) is 0 Å². The number of para-hydroxylation sites is 1. The summed E-state index contributed by atoms with van der Waals surface area (Å²) < 4.78 is 22.0. The van der Waals surface area contributed by atoms with Crippen LogP contribution in [0.2, 0.25) is 0 Å². The molecule has 4 rings (SSSR count). The number of hydrogen-bond donors (Lipinski definition) is 1. The summed E-state index contributed by atoms with van der Waals surface area (Å²) in [7, 11) is 0. The lowest BCUT2D eigenvalue weighted by atomic mass is 9.84. The number of H-pyrrole nitrogens is 1. The molecule has 0 amide bonds. The SMILES string of the molecule is C[C@@H]([C@H]1C[C@H]2CC[C@H]1C2)n1c(COc2ccccc2F)n[nH]c1=S. The van der Waals surface area contributed by atoms with Crippen LogP contribution in [0.3, 0.4) is 0 Å². The van der Waals surface area contributed by atoms with Gasteiger partial charge in [-0.1, -0.05) is 18.6 Å². The highest BCUT2D eigenvalue weighted by Crippen LogP contribution is 2.52. The van der Waals surface area contributed by atoms with E-state index in [9.17, 15) is 4.39 Å². The van der Waals surface area contributed by atoms with E-state index >= 15 is 0 Å². The molecule has 2 bridgehead atoms. The van der Waals surface area contributed by atoms with Crippen LogP contribution in [-0.2, 0) is 6.61 Å². The Hall–Kier alpha value is -1.69. The second-order valence-corrected chi connectivity index (χ2v) is 7.50. The summed E-state index contributed by atoms with van der Waals surface area (Å²) in [6.07, 6.45) is 5.37. The van der Waals surface area contributed by atoms with Crippen molar-refractivity contribution in [2.75, 3.05) is 0 Å². The molecular weight excluding hydrogens is 325 g/mol. The van der Waals surface area contributed by atoms with Crippen LogP contribution in [0.25, 0.3) is 0 Å². The van der Waals surface area contributed by atoms with E-state index < -0.39 is 0 Å². The largest absolute Gasteiger partial charge is 0.483 e. The Morgan fingerprint density at radius 2 is 2.21 bits per heavy atom. The fraction of sp³-hybridized carbons (Fsp3) is 0.556. The lowest BCUT2D eigenvalue weighted by Crippen LogP contribution is -2.24. The number of ether oxygens (including phenoxy) is 1. The van der Waals surface area contributed by atoms with Crippen molar-refractivity contribution in [3.05, 3.63) is 40.7 Å². The molecule has 4 nitrogen and oxygen atoms in total. The van der Waals surface area contributed by atoms with E-state index in [1.165, 1.54) is 31.7 Å². The Balaban J connectivity index is 1.53. The Bertz CT molecular complexity index is 787. The molecule has 1 heterocycles. The van der Waals surface area contributed by atoms with E-state index in [2.05, 4.69) is 21.7 Å². The zero-order chi connectivity index (χ0) is 16.7. The van der Waals surface area contributed by atoms with E-state index in [1.807, 2.05) is 0 Å². The highest BCUT2D eigenvalue weighted by molar-refractivity contribution is 7.71. The van der Waals surface area contributed by atoms with Gasteiger partial charge in [-0.2, -0.15) is 5.10 Å². The van der Waals surface area contributed by atoms with Crippen molar-refractivity contribution < 1.29 is 9.13 Å². The topological polar surface area (TPSA) is 42.8 Å². The third-order valence-electron chi connectivity index (χ3n) is 5.79. The molecule has 1 aromatic heterocycles. The first-order chi connectivity index (χ1) is 11.6. The van der Waals surface area contributed by atoms with Crippen molar-refractivity contribution in [2.24, 2.45) is 17.8 Å². The third-order valence-corrected chi connectivity index (χ3v) is 6.08. The number of hydrogen-bond acceptors (Lipinski definition) is 3. The zero-order valence-corrected chi connectivity index (χ0v) is 14.6. The number of aromatic nitrogens is 3. The van der Waals surface area contributed by atoms with Crippen LogP contribution in [0, 0.1) is 28.3 Å². The highest BCUT2D eigenvalue weighted by atomic mass is 32.1. The van der Waals surface area contributed by atoms with E-state index in [0.717, 1.165) is 17.7 Å². The van der Waals surface area contributed by atoms with E-state index in [0.29, 0.717) is 16.7 Å². The predicted molar refractivity (Wildman–Crippen MR) is 91.8 cm³/mol. The van der Waals surface area contributed by atoms with Gasteiger partial charge in [-0.15, -0.1) is 0 Å². The van der Waals surface area contributed by atoms with Crippen LogP contribution in [0.5, 0.6) is 5.75 Å². The maximum atomic E-state index is 13.7. The van der Waals surface area contributed by atoms with Crippen LogP contribution < -0.4 is 4.74 Å². The summed E-state index contributed by atoms with van der Waals surface area (Å²) in [5.74, 6) is 2.97. The molecule has 0 unspecified atom stereocenters. The molecule has 1 aromatic carbocycles. The van der Waals surface area contributed by atoms with Gasteiger partial charge >= 0.3 is 0 Å². The lowest BCUT2D eigenvalue weighted by molar-refractivity contribution is 0.221. The predicted octanol–water partition coefficient (Wildman–Crippen LogP) is 4.66. The van der Waals surface area contributed by atoms with Gasteiger partial charge in [0.2, 0.25) is 0 Å². The number of halogens is 1. The molecule has 2 aliphatic rings. The minimum Gasteiger partial charge on any atom is -0.483 e. The van der Waals surface area contributed by atoms with Crippen molar-refractivity contribution in [1.82, 2.24) is 14.8 Å². The molecule has 24 heavy (non-hydrogen) atoms. The molecule has 2 fully saturated rings. The summed E-state index contributed by atoms with van der Waals surface area (Å²) in [6.45, 7) is 2.43.